The molecule has 0 spiro atoms. The Bertz CT molecular complexity index is 1010. The summed E-state index contributed by atoms with van der Waals surface area (Å²) in [4.78, 5) is 3.57. The van der Waals surface area contributed by atoms with Gasteiger partial charge in [-0.15, -0.1) is 0 Å². The summed E-state index contributed by atoms with van der Waals surface area (Å²) in [5.41, 5.74) is 3.32. The Labute approximate surface area is 162 Å². The van der Waals surface area contributed by atoms with Gasteiger partial charge in [-0.2, -0.15) is 0 Å². The molecule has 5 heteroatoms. The Balaban J connectivity index is 1.78. The summed E-state index contributed by atoms with van der Waals surface area (Å²) in [6, 6.07) is 15.1. The van der Waals surface area contributed by atoms with Crippen LogP contribution in [0.5, 0.6) is 0 Å². The number of hydrogen-bond donors (Lipinski definition) is 2. The van der Waals surface area contributed by atoms with Gasteiger partial charge < -0.3 is 4.98 Å². The minimum atomic E-state index is -3.55. The lowest BCUT2D eigenvalue weighted by molar-refractivity contribution is 0.537. The Morgan fingerprint density at radius 1 is 1.04 bits per heavy atom. The van der Waals surface area contributed by atoms with Gasteiger partial charge in [-0.1, -0.05) is 58.0 Å². The number of sulfonamides is 1. The molecule has 3 rings (SSSR count). The first-order chi connectivity index (χ1) is 12.7. The highest BCUT2D eigenvalue weighted by atomic mass is 32.2. The molecule has 1 atom stereocenters. The van der Waals surface area contributed by atoms with Crippen molar-refractivity contribution in [3.05, 3.63) is 65.9 Å². The Morgan fingerprint density at radius 2 is 1.70 bits per heavy atom. The van der Waals surface area contributed by atoms with Crippen LogP contribution in [0.3, 0.4) is 0 Å². The molecule has 1 aromatic heterocycles. The van der Waals surface area contributed by atoms with Gasteiger partial charge in [0, 0.05) is 23.1 Å². The average molecular weight is 385 g/mol. The summed E-state index contributed by atoms with van der Waals surface area (Å²) in [6.07, 6.45) is 3.35. The van der Waals surface area contributed by atoms with Gasteiger partial charge in [0.1, 0.15) is 0 Å². The maximum atomic E-state index is 12.8. The van der Waals surface area contributed by atoms with Crippen LogP contribution in [0.25, 0.3) is 10.9 Å². The molecule has 3 aromatic rings. The molecule has 0 fully saturated rings. The Morgan fingerprint density at radius 3 is 2.33 bits per heavy atom. The van der Waals surface area contributed by atoms with Crippen LogP contribution in [-0.2, 0) is 21.9 Å². The molecule has 0 saturated carbocycles. The smallest absolute Gasteiger partial charge is 0.240 e. The highest BCUT2D eigenvalue weighted by Crippen LogP contribution is 2.24. The van der Waals surface area contributed by atoms with Gasteiger partial charge >= 0.3 is 0 Å². The van der Waals surface area contributed by atoms with Gasteiger partial charge in [0.15, 0.2) is 0 Å². The average Bonchev–Trinajstić information content (AvgIpc) is 3.03. The van der Waals surface area contributed by atoms with Gasteiger partial charge in [-0.3, -0.25) is 0 Å². The molecule has 1 heterocycles. The van der Waals surface area contributed by atoms with Crippen LogP contribution in [-0.4, -0.2) is 19.4 Å². The second-order valence-electron chi connectivity index (χ2n) is 8.06. The zero-order chi connectivity index (χ0) is 19.7. The predicted octanol–water partition coefficient (Wildman–Crippen LogP) is 4.77. The van der Waals surface area contributed by atoms with Crippen LogP contribution in [0.15, 0.2) is 59.6 Å². The van der Waals surface area contributed by atoms with Crippen molar-refractivity contribution in [2.75, 3.05) is 0 Å². The third-order valence-corrected chi connectivity index (χ3v) is 6.52. The molecule has 27 heavy (non-hydrogen) atoms. The van der Waals surface area contributed by atoms with Gasteiger partial charge in [0.05, 0.1) is 4.90 Å². The minimum Gasteiger partial charge on any atom is -0.361 e. The summed E-state index contributed by atoms with van der Waals surface area (Å²) in [5, 5.41) is 1.14. The second-order valence-corrected chi connectivity index (χ2v) is 9.78. The first-order valence-corrected chi connectivity index (χ1v) is 10.9. The van der Waals surface area contributed by atoms with Crippen LogP contribution >= 0.6 is 0 Å². The lowest BCUT2D eigenvalue weighted by Gasteiger charge is -2.20. The number of hydrogen-bond acceptors (Lipinski definition) is 2. The predicted molar refractivity (Wildman–Crippen MR) is 112 cm³/mol. The number of aromatic nitrogens is 1. The van der Waals surface area contributed by atoms with Gasteiger partial charge in [-0.25, -0.2) is 13.1 Å². The molecule has 0 bridgehead atoms. The van der Waals surface area contributed by atoms with Gasteiger partial charge in [0.25, 0.3) is 0 Å². The number of benzene rings is 2. The van der Waals surface area contributed by atoms with E-state index >= 15 is 0 Å². The standard InChI is InChI=1S/C22H28N2O2S/c1-5-18(14-16-15-23-21-9-7-6-8-20(16)21)24-27(25,26)19-12-10-17(11-13-19)22(2,3)4/h6-13,15,18,23-24H,5,14H2,1-4H3. The van der Waals surface area contributed by atoms with Crippen LogP contribution in [0, 0.1) is 0 Å². The molecule has 144 valence electrons. The van der Waals surface area contributed by atoms with Crippen molar-refractivity contribution >= 4 is 20.9 Å². The molecule has 0 saturated heterocycles. The number of para-hydroxylation sites is 1. The molecule has 0 radical (unpaired) electrons. The van der Waals surface area contributed by atoms with E-state index in [0.717, 1.165) is 28.5 Å². The summed E-state index contributed by atoms with van der Waals surface area (Å²) < 4.78 is 28.6. The maximum absolute atomic E-state index is 12.8. The molecule has 4 nitrogen and oxygen atoms in total. The van der Waals surface area contributed by atoms with Crippen molar-refractivity contribution in [3.63, 3.8) is 0 Å². The number of aromatic amines is 1. The van der Waals surface area contributed by atoms with Crippen LogP contribution in [0.4, 0.5) is 0 Å². The summed E-state index contributed by atoms with van der Waals surface area (Å²) in [6.45, 7) is 8.35. The van der Waals surface area contributed by atoms with E-state index in [0.29, 0.717) is 11.3 Å². The van der Waals surface area contributed by atoms with E-state index in [4.69, 9.17) is 0 Å². The lowest BCUT2D eigenvalue weighted by atomic mass is 9.87. The zero-order valence-corrected chi connectivity index (χ0v) is 17.2. The van der Waals surface area contributed by atoms with E-state index in [2.05, 4.69) is 36.5 Å². The quantitative estimate of drug-likeness (QED) is 0.643. The SMILES string of the molecule is CCC(Cc1c[nH]c2ccccc12)NS(=O)(=O)c1ccc(C(C)(C)C)cc1. The topological polar surface area (TPSA) is 62.0 Å². The first-order valence-electron chi connectivity index (χ1n) is 9.38. The van der Waals surface area contributed by atoms with Crippen molar-refractivity contribution in [3.8, 4) is 0 Å². The third kappa shape index (κ3) is 4.42. The summed E-state index contributed by atoms with van der Waals surface area (Å²) in [7, 11) is -3.55. The number of fused-ring (bicyclic) bond motifs is 1. The molecule has 0 aliphatic carbocycles. The monoisotopic (exact) mass is 384 g/mol. The van der Waals surface area contributed by atoms with E-state index in [1.54, 1.807) is 12.1 Å². The summed E-state index contributed by atoms with van der Waals surface area (Å²) in [5.74, 6) is 0. The second kappa shape index (κ2) is 7.49. The minimum absolute atomic E-state index is 0.00296. The van der Waals surface area contributed by atoms with E-state index < -0.39 is 10.0 Å². The maximum Gasteiger partial charge on any atom is 0.240 e. The normalized spacial score (nSPS) is 13.8. The molecular weight excluding hydrogens is 356 g/mol. The van der Waals surface area contributed by atoms with E-state index in [-0.39, 0.29) is 11.5 Å². The molecular formula is C22H28N2O2S. The van der Waals surface area contributed by atoms with Gasteiger partial charge in [0.2, 0.25) is 10.0 Å². The van der Waals surface area contributed by atoms with Crippen molar-refractivity contribution in [1.82, 2.24) is 9.71 Å². The van der Waals surface area contributed by atoms with Gasteiger partial charge in [-0.05, 0) is 47.6 Å². The van der Waals surface area contributed by atoms with Crippen molar-refractivity contribution in [2.45, 2.75) is 56.9 Å². The molecule has 2 aromatic carbocycles. The highest BCUT2D eigenvalue weighted by molar-refractivity contribution is 7.89. The molecule has 2 N–H and O–H groups in total. The zero-order valence-electron chi connectivity index (χ0n) is 16.4. The summed E-state index contributed by atoms with van der Waals surface area (Å²) >= 11 is 0. The fraction of sp³-hybridized carbons (Fsp3) is 0.364. The number of H-pyrrole nitrogens is 1. The van der Waals surface area contributed by atoms with E-state index in [1.165, 1.54) is 0 Å². The van der Waals surface area contributed by atoms with Crippen LogP contribution < -0.4 is 4.72 Å². The van der Waals surface area contributed by atoms with Crippen molar-refractivity contribution in [1.29, 1.82) is 0 Å². The molecule has 0 aliphatic rings. The third-order valence-electron chi connectivity index (χ3n) is 4.99. The van der Waals surface area contributed by atoms with Crippen LogP contribution in [0.1, 0.15) is 45.2 Å². The fourth-order valence-corrected chi connectivity index (χ4v) is 4.58. The van der Waals surface area contributed by atoms with Crippen molar-refractivity contribution in [2.24, 2.45) is 0 Å². The van der Waals surface area contributed by atoms with Crippen molar-refractivity contribution < 1.29 is 8.42 Å². The van der Waals surface area contributed by atoms with Crippen LogP contribution in [0.2, 0.25) is 0 Å². The number of nitrogens with one attached hydrogen (secondary N) is 2. The first kappa shape index (κ1) is 19.6. The Hall–Kier alpha value is -2.11. The molecule has 0 amide bonds. The highest BCUT2D eigenvalue weighted by Gasteiger charge is 2.21. The number of rotatable bonds is 6. The molecule has 1 unspecified atom stereocenters. The lowest BCUT2D eigenvalue weighted by Crippen LogP contribution is -2.36. The Kier molecular flexibility index (Phi) is 5.45. The van der Waals surface area contributed by atoms with E-state index in [9.17, 15) is 8.42 Å². The fourth-order valence-electron chi connectivity index (χ4n) is 3.26. The molecule has 0 aliphatic heterocycles. The van der Waals surface area contributed by atoms with E-state index in [1.807, 2.05) is 43.5 Å². The largest absolute Gasteiger partial charge is 0.361 e.